The predicted molar refractivity (Wildman–Crippen MR) is 122 cm³/mol. The molecule has 5 nitrogen and oxygen atoms in total. The van der Waals surface area contributed by atoms with E-state index in [1.807, 2.05) is 54.6 Å². The average Bonchev–Trinajstić information content (AvgIpc) is 3.14. The zero-order valence-corrected chi connectivity index (χ0v) is 18.4. The van der Waals surface area contributed by atoms with Gasteiger partial charge in [-0.25, -0.2) is 0 Å². The fourth-order valence-corrected chi connectivity index (χ4v) is 5.13. The molecule has 0 bridgehead atoms. The Labute approximate surface area is 184 Å². The number of hydrogen-bond acceptors (Lipinski definition) is 4. The van der Waals surface area contributed by atoms with Crippen molar-refractivity contribution in [2.45, 2.75) is 37.8 Å². The quantitative estimate of drug-likeness (QED) is 0.543. The molecule has 2 heterocycles. The highest BCUT2D eigenvalue weighted by atomic mass is 32.2. The summed E-state index contributed by atoms with van der Waals surface area (Å²) in [4.78, 5) is 32.4. The van der Waals surface area contributed by atoms with Crippen molar-refractivity contribution in [1.82, 2.24) is 9.88 Å². The molecule has 0 saturated carbocycles. The van der Waals surface area contributed by atoms with Gasteiger partial charge in [-0.05, 0) is 42.8 Å². The Balaban J connectivity index is 1.73. The molecule has 0 saturated heterocycles. The van der Waals surface area contributed by atoms with Crippen LogP contribution in [0.1, 0.15) is 37.6 Å². The molecule has 4 rings (SSSR count). The predicted octanol–water partition coefficient (Wildman–Crippen LogP) is 4.35. The van der Waals surface area contributed by atoms with Crippen molar-refractivity contribution in [1.29, 1.82) is 0 Å². The largest absolute Gasteiger partial charge is 0.325 e. The SMILES string of the molecule is CCC(=O)/C=C(\C)C(=O)N1Cc2cc3ccccc3nc2C1CS(=O)c1ccccc1. The molecule has 1 aliphatic rings. The molecule has 0 aliphatic carbocycles. The molecule has 158 valence electrons. The number of carbonyl (C=O) groups is 2. The van der Waals surface area contributed by atoms with E-state index in [9.17, 15) is 13.8 Å². The minimum absolute atomic E-state index is 0.0872. The Bertz CT molecular complexity index is 1200. The van der Waals surface area contributed by atoms with Crippen LogP contribution in [0.3, 0.4) is 0 Å². The average molecular weight is 433 g/mol. The molecule has 0 spiro atoms. The van der Waals surface area contributed by atoms with Gasteiger partial charge in [-0.3, -0.25) is 18.8 Å². The molecule has 2 unspecified atom stereocenters. The molecule has 6 heteroatoms. The van der Waals surface area contributed by atoms with Gasteiger partial charge < -0.3 is 4.90 Å². The lowest BCUT2D eigenvalue weighted by Gasteiger charge is -2.25. The van der Waals surface area contributed by atoms with Crippen molar-refractivity contribution >= 4 is 33.4 Å². The molecule has 0 N–H and O–H groups in total. The molecule has 0 radical (unpaired) electrons. The van der Waals surface area contributed by atoms with Gasteiger partial charge in [0, 0.05) is 28.8 Å². The molecule has 1 amide bonds. The summed E-state index contributed by atoms with van der Waals surface area (Å²) in [5.41, 5.74) is 2.97. The second-order valence-electron chi connectivity index (χ2n) is 7.65. The number of aromatic nitrogens is 1. The third-order valence-electron chi connectivity index (χ3n) is 5.51. The Morgan fingerprint density at radius 2 is 1.84 bits per heavy atom. The number of carbonyl (C=O) groups excluding carboxylic acids is 2. The summed E-state index contributed by atoms with van der Waals surface area (Å²) in [6, 6.07) is 18.7. The summed E-state index contributed by atoms with van der Waals surface area (Å²) in [6.07, 6.45) is 1.75. The number of amides is 1. The van der Waals surface area contributed by atoms with Crippen LogP contribution in [-0.4, -0.2) is 31.5 Å². The number of hydrogen-bond donors (Lipinski definition) is 0. The lowest BCUT2D eigenvalue weighted by molar-refractivity contribution is -0.129. The van der Waals surface area contributed by atoms with Gasteiger partial charge in [0.2, 0.25) is 0 Å². The summed E-state index contributed by atoms with van der Waals surface area (Å²) < 4.78 is 13.1. The zero-order valence-electron chi connectivity index (χ0n) is 17.6. The molecular formula is C25H24N2O3S. The lowest BCUT2D eigenvalue weighted by atomic mass is 10.1. The highest BCUT2D eigenvalue weighted by Gasteiger charge is 2.37. The van der Waals surface area contributed by atoms with E-state index in [-0.39, 0.29) is 17.4 Å². The van der Waals surface area contributed by atoms with Crippen LogP contribution in [0.2, 0.25) is 0 Å². The van der Waals surface area contributed by atoms with Crippen molar-refractivity contribution in [2.75, 3.05) is 5.75 Å². The highest BCUT2D eigenvalue weighted by Crippen LogP contribution is 2.36. The van der Waals surface area contributed by atoms with E-state index in [0.29, 0.717) is 18.5 Å². The van der Waals surface area contributed by atoms with E-state index in [2.05, 4.69) is 6.07 Å². The van der Waals surface area contributed by atoms with Crippen molar-refractivity contribution in [3.8, 4) is 0 Å². The van der Waals surface area contributed by atoms with Crippen LogP contribution in [0.5, 0.6) is 0 Å². The van der Waals surface area contributed by atoms with Gasteiger partial charge in [0.05, 0.1) is 33.8 Å². The van der Waals surface area contributed by atoms with E-state index >= 15 is 0 Å². The number of pyridine rings is 1. The molecule has 2 atom stereocenters. The van der Waals surface area contributed by atoms with E-state index in [1.54, 1.807) is 18.7 Å². The van der Waals surface area contributed by atoms with Crippen LogP contribution in [0.15, 0.2) is 77.2 Å². The van der Waals surface area contributed by atoms with Crippen LogP contribution in [0, 0.1) is 0 Å². The number of para-hydroxylation sites is 1. The second kappa shape index (κ2) is 8.94. The van der Waals surface area contributed by atoms with Gasteiger partial charge in [0.25, 0.3) is 5.91 Å². The first-order chi connectivity index (χ1) is 15.0. The van der Waals surface area contributed by atoms with Crippen molar-refractivity contribution in [3.63, 3.8) is 0 Å². The van der Waals surface area contributed by atoms with Gasteiger partial charge in [-0.1, -0.05) is 43.3 Å². The molecule has 31 heavy (non-hydrogen) atoms. The number of ketones is 1. The molecule has 1 aromatic heterocycles. The zero-order chi connectivity index (χ0) is 22.0. The summed E-state index contributed by atoms with van der Waals surface area (Å²) in [6.45, 7) is 3.81. The third-order valence-corrected chi connectivity index (χ3v) is 6.92. The molecule has 3 aromatic rings. The van der Waals surface area contributed by atoms with Crippen LogP contribution >= 0.6 is 0 Å². The summed E-state index contributed by atoms with van der Waals surface area (Å²) in [7, 11) is -1.30. The second-order valence-corrected chi connectivity index (χ2v) is 9.14. The summed E-state index contributed by atoms with van der Waals surface area (Å²) >= 11 is 0. The number of allylic oxidation sites excluding steroid dienone is 1. The van der Waals surface area contributed by atoms with E-state index in [4.69, 9.17) is 4.98 Å². The maximum absolute atomic E-state index is 13.3. The van der Waals surface area contributed by atoms with E-state index in [1.165, 1.54) is 6.08 Å². The first kappa shape index (κ1) is 21.1. The molecule has 0 fully saturated rings. The fraction of sp³-hybridized carbons (Fsp3) is 0.240. The fourth-order valence-electron chi connectivity index (χ4n) is 3.86. The third kappa shape index (κ3) is 4.35. The number of fused-ring (bicyclic) bond motifs is 2. The van der Waals surface area contributed by atoms with Crippen LogP contribution in [-0.2, 0) is 26.9 Å². The van der Waals surface area contributed by atoms with Gasteiger partial charge in [-0.15, -0.1) is 0 Å². The highest BCUT2D eigenvalue weighted by molar-refractivity contribution is 7.85. The van der Waals surface area contributed by atoms with Gasteiger partial charge in [0.15, 0.2) is 5.78 Å². The Kier molecular flexibility index (Phi) is 6.09. The number of nitrogens with zero attached hydrogens (tertiary/aromatic N) is 2. The smallest absolute Gasteiger partial charge is 0.250 e. The number of rotatable bonds is 6. The van der Waals surface area contributed by atoms with Crippen LogP contribution < -0.4 is 0 Å². The maximum Gasteiger partial charge on any atom is 0.250 e. The monoisotopic (exact) mass is 432 g/mol. The lowest BCUT2D eigenvalue weighted by Crippen LogP contribution is -2.33. The van der Waals surface area contributed by atoms with E-state index in [0.717, 1.165) is 27.1 Å². The maximum atomic E-state index is 13.3. The minimum atomic E-state index is -1.30. The van der Waals surface area contributed by atoms with Crippen molar-refractivity contribution < 1.29 is 13.8 Å². The van der Waals surface area contributed by atoms with Crippen molar-refractivity contribution in [3.05, 3.63) is 83.6 Å². The molecular weight excluding hydrogens is 408 g/mol. The Morgan fingerprint density at radius 1 is 1.13 bits per heavy atom. The van der Waals surface area contributed by atoms with Gasteiger partial charge in [-0.2, -0.15) is 0 Å². The van der Waals surface area contributed by atoms with Crippen LogP contribution in [0.25, 0.3) is 10.9 Å². The minimum Gasteiger partial charge on any atom is -0.325 e. The standard InChI is InChI=1S/C25H24N2O3S/c1-3-20(28)13-17(2)25(29)27-15-19-14-18-9-7-8-12-22(18)26-24(19)23(27)16-31(30)21-10-5-4-6-11-21/h4-14,23H,3,15-16H2,1-2H3/b17-13+. The van der Waals surface area contributed by atoms with Crippen LogP contribution in [0.4, 0.5) is 0 Å². The Morgan fingerprint density at radius 3 is 2.58 bits per heavy atom. The number of benzene rings is 2. The topological polar surface area (TPSA) is 67.3 Å². The molecule has 1 aliphatic heterocycles. The van der Waals surface area contributed by atoms with E-state index < -0.39 is 16.8 Å². The normalized spacial score (nSPS) is 16.9. The van der Waals surface area contributed by atoms with Crippen molar-refractivity contribution in [2.24, 2.45) is 0 Å². The van der Waals surface area contributed by atoms with Gasteiger partial charge in [0.1, 0.15) is 0 Å². The Hall–Kier alpha value is -3.12. The first-order valence-corrected chi connectivity index (χ1v) is 11.6. The molecule has 2 aromatic carbocycles. The summed E-state index contributed by atoms with van der Waals surface area (Å²) in [5.74, 6) is -0.0573. The first-order valence-electron chi connectivity index (χ1n) is 10.3. The summed E-state index contributed by atoms with van der Waals surface area (Å²) in [5, 5.41) is 1.01. The van der Waals surface area contributed by atoms with Gasteiger partial charge >= 0.3 is 0 Å².